The molecule has 1 heterocycles. The van der Waals surface area contributed by atoms with Crippen molar-refractivity contribution in [3.05, 3.63) is 29.5 Å². The highest BCUT2D eigenvalue weighted by molar-refractivity contribution is 5.81. The van der Waals surface area contributed by atoms with Gasteiger partial charge in [-0.2, -0.15) is 5.10 Å². The fraction of sp³-hybridized carbons (Fsp3) is 0.364. The molecule has 0 aliphatic rings. The van der Waals surface area contributed by atoms with Crippen LogP contribution < -0.4 is 0 Å². The summed E-state index contributed by atoms with van der Waals surface area (Å²) in [6.45, 7) is 5.71. The Morgan fingerprint density at radius 1 is 1.27 bits per heavy atom. The number of halogens is 2. The van der Waals surface area contributed by atoms with Crippen molar-refractivity contribution in [1.82, 2.24) is 9.78 Å². The van der Waals surface area contributed by atoms with E-state index in [0.29, 0.717) is 11.1 Å². The van der Waals surface area contributed by atoms with Gasteiger partial charge in [-0.25, -0.2) is 8.78 Å². The van der Waals surface area contributed by atoms with Crippen molar-refractivity contribution in [3.8, 4) is 0 Å². The lowest BCUT2D eigenvalue weighted by molar-refractivity contribution is 0.516. The van der Waals surface area contributed by atoms with E-state index in [-0.39, 0.29) is 5.39 Å². The molecule has 0 fully saturated rings. The number of hydrogen-bond acceptors (Lipinski definition) is 1. The van der Waals surface area contributed by atoms with Crippen LogP contribution in [0.2, 0.25) is 0 Å². The van der Waals surface area contributed by atoms with Gasteiger partial charge in [0.15, 0.2) is 11.6 Å². The number of aromatic nitrogens is 2. The molecule has 0 spiro atoms. The second-order valence-corrected chi connectivity index (χ2v) is 3.05. The largest absolute Gasteiger partial charge is 0.274 e. The Kier molecular flexibility index (Phi) is 3.39. The van der Waals surface area contributed by atoms with E-state index < -0.39 is 11.6 Å². The molecule has 0 amide bonds. The van der Waals surface area contributed by atoms with Crippen LogP contribution in [0, 0.1) is 18.6 Å². The average Bonchev–Trinajstić information content (AvgIpc) is 2.61. The molecule has 0 radical (unpaired) electrons. The van der Waals surface area contributed by atoms with Gasteiger partial charge in [0.1, 0.15) is 0 Å². The molecule has 0 N–H and O–H groups in total. The fourth-order valence-electron chi connectivity index (χ4n) is 1.39. The molecule has 4 heteroatoms. The summed E-state index contributed by atoms with van der Waals surface area (Å²) in [5.74, 6) is -1.65. The molecule has 0 unspecified atom stereocenters. The van der Waals surface area contributed by atoms with Gasteiger partial charge in [0, 0.05) is 13.2 Å². The molecular formula is C11H14F2N2. The van der Waals surface area contributed by atoms with Gasteiger partial charge in [0.25, 0.3) is 0 Å². The standard InChI is InChI=1S/C9H8F2N2.C2H6/c1-5-3-7(10)8(11)6-4-13(2)12-9(5)6;1-2/h3-4H,1-2H3;1-2H3. The van der Waals surface area contributed by atoms with Crippen molar-refractivity contribution in [1.29, 1.82) is 0 Å². The van der Waals surface area contributed by atoms with Crippen molar-refractivity contribution in [2.24, 2.45) is 7.05 Å². The maximum atomic E-state index is 13.2. The highest BCUT2D eigenvalue weighted by Gasteiger charge is 2.12. The topological polar surface area (TPSA) is 17.8 Å². The predicted molar refractivity (Wildman–Crippen MR) is 56.7 cm³/mol. The van der Waals surface area contributed by atoms with Crippen LogP contribution in [0.1, 0.15) is 19.4 Å². The van der Waals surface area contributed by atoms with E-state index in [4.69, 9.17) is 0 Å². The molecule has 0 saturated carbocycles. The predicted octanol–water partition coefficient (Wildman–Crippen LogP) is 3.19. The Morgan fingerprint density at radius 3 is 2.47 bits per heavy atom. The molecular weight excluding hydrogens is 198 g/mol. The minimum absolute atomic E-state index is 0.236. The Bertz CT molecular complexity index is 475. The van der Waals surface area contributed by atoms with Crippen molar-refractivity contribution >= 4 is 10.9 Å². The molecule has 0 bridgehead atoms. The van der Waals surface area contributed by atoms with Crippen molar-refractivity contribution in [2.45, 2.75) is 20.8 Å². The average molecular weight is 212 g/mol. The molecule has 15 heavy (non-hydrogen) atoms. The summed E-state index contributed by atoms with van der Waals surface area (Å²) in [6.07, 6.45) is 1.47. The van der Waals surface area contributed by atoms with Crippen LogP contribution >= 0.6 is 0 Å². The second kappa shape index (κ2) is 4.38. The first-order valence-electron chi connectivity index (χ1n) is 4.87. The lowest BCUT2D eigenvalue weighted by Crippen LogP contribution is -1.88. The smallest absolute Gasteiger partial charge is 0.169 e. The van der Waals surface area contributed by atoms with Crippen LogP contribution in [0.15, 0.2) is 12.3 Å². The van der Waals surface area contributed by atoms with Crippen LogP contribution in [0.5, 0.6) is 0 Å². The molecule has 1 aromatic carbocycles. The monoisotopic (exact) mass is 212 g/mol. The zero-order valence-electron chi connectivity index (χ0n) is 9.31. The third-order valence-electron chi connectivity index (χ3n) is 1.99. The van der Waals surface area contributed by atoms with E-state index in [0.717, 1.165) is 6.07 Å². The molecule has 1 aromatic heterocycles. The van der Waals surface area contributed by atoms with Crippen LogP contribution in [0.4, 0.5) is 8.78 Å². The van der Waals surface area contributed by atoms with Crippen molar-refractivity contribution in [2.75, 3.05) is 0 Å². The van der Waals surface area contributed by atoms with Gasteiger partial charge in [-0.15, -0.1) is 0 Å². The Balaban J connectivity index is 0.000000531. The first-order valence-corrected chi connectivity index (χ1v) is 4.87. The number of fused-ring (bicyclic) bond motifs is 1. The summed E-state index contributed by atoms with van der Waals surface area (Å²) in [7, 11) is 1.68. The van der Waals surface area contributed by atoms with E-state index in [2.05, 4.69) is 5.10 Å². The van der Waals surface area contributed by atoms with Gasteiger partial charge in [0.05, 0.1) is 10.9 Å². The highest BCUT2D eigenvalue weighted by atomic mass is 19.2. The molecule has 0 atom stereocenters. The fourth-order valence-corrected chi connectivity index (χ4v) is 1.39. The maximum Gasteiger partial charge on any atom is 0.169 e. The normalized spacial score (nSPS) is 10.0. The van der Waals surface area contributed by atoms with E-state index in [9.17, 15) is 8.78 Å². The zero-order valence-corrected chi connectivity index (χ0v) is 9.31. The lowest BCUT2D eigenvalue weighted by atomic mass is 10.1. The summed E-state index contributed by atoms with van der Waals surface area (Å²) in [6, 6.07) is 1.16. The summed E-state index contributed by atoms with van der Waals surface area (Å²) >= 11 is 0. The van der Waals surface area contributed by atoms with E-state index in [1.165, 1.54) is 10.9 Å². The number of rotatable bonds is 0. The minimum Gasteiger partial charge on any atom is -0.274 e. The van der Waals surface area contributed by atoms with Crippen molar-refractivity contribution in [3.63, 3.8) is 0 Å². The summed E-state index contributed by atoms with van der Waals surface area (Å²) in [5, 5.41) is 4.26. The van der Waals surface area contributed by atoms with Gasteiger partial charge in [-0.1, -0.05) is 13.8 Å². The zero-order chi connectivity index (χ0) is 11.6. The van der Waals surface area contributed by atoms with Gasteiger partial charge in [0.2, 0.25) is 0 Å². The van der Waals surface area contributed by atoms with E-state index in [1.807, 2.05) is 13.8 Å². The first-order chi connectivity index (χ1) is 7.09. The summed E-state index contributed by atoms with van der Waals surface area (Å²) < 4.78 is 27.5. The van der Waals surface area contributed by atoms with Gasteiger partial charge in [-0.05, 0) is 18.6 Å². The highest BCUT2D eigenvalue weighted by Crippen LogP contribution is 2.22. The third kappa shape index (κ3) is 1.98. The summed E-state index contributed by atoms with van der Waals surface area (Å²) in [5.41, 5.74) is 1.16. The quantitative estimate of drug-likeness (QED) is 0.655. The number of benzene rings is 1. The van der Waals surface area contributed by atoms with Crippen LogP contribution in [-0.2, 0) is 7.05 Å². The molecule has 82 valence electrons. The number of aryl methyl sites for hydroxylation is 2. The van der Waals surface area contributed by atoms with Crippen LogP contribution in [-0.4, -0.2) is 9.78 Å². The molecule has 2 nitrogen and oxygen atoms in total. The Hall–Kier alpha value is -1.45. The van der Waals surface area contributed by atoms with Gasteiger partial charge in [-0.3, -0.25) is 4.68 Å². The Labute approximate surface area is 87.5 Å². The summed E-state index contributed by atoms with van der Waals surface area (Å²) in [4.78, 5) is 0. The number of hydrogen-bond donors (Lipinski definition) is 0. The van der Waals surface area contributed by atoms with E-state index >= 15 is 0 Å². The molecule has 0 aliphatic heterocycles. The van der Waals surface area contributed by atoms with Crippen molar-refractivity contribution < 1.29 is 8.78 Å². The van der Waals surface area contributed by atoms with Gasteiger partial charge >= 0.3 is 0 Å². The SMILES string of the molecule is CC.Cc1cc(F)c(F)c2cn(C)nc12. The Morgan fingerprint density at radius 2 is 1.87 bits per heavy atom. The maximum absolute atomic E-state index is 13.2. The van der Waals surface area contributed by atoms with Crippen LogP contribution in [0.3, 0.4) is 0 Å². The molecule has 0 aliphatic carbocycles. The van der Waals surface area contributed by atoms with E-state index in [1.54, 1.807) is 14.0 Å². The molecule has 2 aromatic rings. The third-order valence-corrected chi connectivity index (χ3v) is 1.99. The molecule has 2 rings (SSSR count). The second-order valence-electron chi connectivity index (χ2n) is 3.05. The van der Waals surface area contributed by atoms with Gasteiger partial charge < -0.3 is 0 Å². The minimum atomic E-state index is -0.825. The first kappa shape index (κ1) is 11.6. The number of nitrogens with zero attached hydrogens (tertiary/aromatic N) is 2. The lowest BCUT2D eigenvalue weighted by Gasteiger charge is -1.96. The molecule has 0 saturated heterocycles. The van der Waals surface area contributed by atoms with Crippen LogP contribution in [0.25, 0.3) is 10.9 Å².